The lowest BCUT2D eigenvalue weighted by atomic mass is 10.2. The molecule has 0 aromatic heterocycles. The molecule has 0 spiro atoms. The summed E-state index contributed by atoms with van der Waals surface area (Å²) in [6, 6.07) is 7.02. The summed E-state index contributed by atoms with van der Waals surface area (Å²) < 4.78 is 0. The molecule has 1 aliphatic carbocycles. The van der Waals surface area contributed by atoms with E-state index in [-0.39, 0.29) is 29.7 Å². The molecule has 7 heteroatoms. The number of non-ortho nitro benzene ring substituents is 1. The summed E-state index contributed by atoms with van der Waals surface area (Å²) in [4.78, 5) is 14.7. The van der Waals surface area contributed by atoms with Gasteiger partial charge in [0.05, 0.1) is 11.5 Å². The monoisotopic (exact) mass is 404 g/mol. The zero-order valence-corrected chi connectivity index (χ0v) is 14.5. The highest BCUT2D eigenvalue weighted by Gasteiger charge is 2.33. The summed E-state index contributed by atoms with van der Waals surface area (Å²) in [5, 5.41) is 17.2. The van der Waals surface area contributed by atoms with E-state index in [9.17, 15) is 10.1 Å². The number of aliphatic imine (C=N–C) groups is 1. The average molecular weight is 404 g/mol. The number of hydrogen-bond acceptors (Lipinski definition) is 3. The SMILES string of the molecule is CCNC(=NCc1ccc([N+](=O)[O-])cc1)NC1CC1C.I. The predicted molar refractivity (Wildman–Crippen MR) is 94.0 cm³/mol. The maximum Gasteiger partial charge on any atom is 0.269 e. The van der Waals surface area contributed by atoms with E-state index in [4.69, 9.17) is 0 Å². The number of rotatable bonds is 5. The zero-order chi connectivity index (χ0) is 14.5. The molecular weight excluding hydrogens is 383 g/mol. The van der Waals surface area contributed by atoms with E-state index in [1.807, 2.05) is 6.92 Å². The number of guanidine groups is 1. The lowest BCUT2D eigenvalue weighted by Crippen LogP contribution is -2.39. The van der Waals surface area contributed by atoms with Crippen LogP contribution < -0.4 is 10.6 Å². The molecule has 1 saturated carbocycles. The van der Waals surface area contributed by atoms with Gasteiger partial charge >= 0.3 is 0 Å². The van der Waals surface area contributed by atoms with Crippen molar-refractivity contribution in [2.75, 3.05) is 6.54 Å². The van der Waals surface area contributed by atoms with Crippen molar-refractivity contribution in [2.45, 2.75) is 32.9 Å². The van der Waals surface area contributed by atoms with E-state index < -0.39 is 4.92 Å². The topological polar surface area (TPSA) is 79.6 Å². The predicted octanol–water partition coefficient (Wildman–Crippen LogP) is 2.68. The first-order valence-electron chi connectivity index (χ1n) is 6.88. The molecule has 116 valence electrons. The molecule has 2 rings (SSSR count). The highest BCUT2D eigenvalue weighted by Crippen LogP contribution is 2.28. The highest BCUT2D eigenvalue weighted by molar-refractivity contribution is 14.0. The number of nitrogens with zero attached hydrogens (tertiary/aromatic N) is 2. The molecule has 0 aliphatic heterocycles. The number of nitrogens with one attached hydrogen (secondary N) is 2. The van der Waals surface area contributed by atoms with Crippen LogP contribution in [0.2, 0.25) is 0 Å². The number of nitro groups is 1. The molecule has 0 saturated heterocycles. The Labute approximate surface area is 141 Å². The summed E-state index contributed by atoms with van der Waals surface area (Å²) in [5.41, 5.74) is 1.06. The molecule has 2 N–H and O–H groups in total. The van der Waals surface area contributed by atoms with Crippen molar-refractivity contribution in [1.29, 1.82) is 0 Å². The number of benzene rings is 1. The van der Waals surface area contributed by atoms with Crippen LogP contribution in [0.25, 0.3) is 0 Å². The van der Waals surface area contributed by atoms with Gasteiger partial charge in [-0.05, 0) is 24.8 Å². The molecule has 1 fully saturated rings. The summed E-state index contributed by atoms with van der Waals surface area (Å²) >= 11 is 0. The largest absolute Gasteiger partial charge is 0.357 e. The van der Waals surface area contributed by atoms with Crippen molar-refractivity contribution in [3.8, 4) is 0 Å². The summed E-state index contributed by atoms with van der Waals surface area (Å²) in [6.45, 7) is 5.55. The Morgan fingerprint density at radius 3 is 2.52 bits per heavy atom. The number of nitro benzene ring substituents is 1. The fourth-order valence-corrected chi connectivity index (χ4v) is 1.91. The number of halogens is 1. The van der Waals surface area contributed by atoms with Gasteiger partial charge in [-0.1, -0.05) is 19.1 Å². The van der Waals surface area contributed by atoms with Crippen molar-refractivity contribution >= 4 is 35.6 Å². The molecule has 0 bridgehead atoms. The minimum atomic E-state index is -0.396. The van der Waals surface area contributed by atoms with Crippen LogP contribution in [0.5, 0.6) is 0 Å². The standard InChI is InChI=1S/C14H20N4O2.HI/c1-3-15-14(17-13-8-10(13)2)16-9-11-4-6-12(7-5-11)18(19)20;/h4-7,10,13H,3,8-9H2,1-2H3,(H2,15,16,17);1H. The second kappa shape index (κ2) is 8.16. The van der Waals surface area contributed by atoms with Crippen LogP contribution in [-0.4, -0.2) is 23.5 Å². The van der Waals surface area contributed by atoms with Crippen LogP contribution >= 0.6 is 24.0 Å². The van der Waals surface area contributed by atoms with Crippen LogP contribution in [-0.2, 0) is 6.54 Å². The molecule has 0 heterocycles. The molecular formula is C14H21IN4O2. The van der Waals surface area contributed by atoms with E-state index in [0.29, 0.717) is 18.5 Å². The molecule has 0 amide bonds. The van der Waals surface area contributed by atoms with Crippen molar-refractivity contribution in [2.24, 2.45) is 10.9 Å². The van der Waals surface area contributed by atoms with E-state index in [1.165, 1.54) is 18.6 Å². The molecule has 2 unspecified atom stereocenters. The fraction of sp³-hybridized carbons (Fsp3) is 0.500. The summed E-state index contributed by atoms with van der Waals surface area (Å²) in [6.07, 6.45) is 1.18. The number of hydrogen-bond donors (Lipinski definition) is 2. The Kier molecular flexibility index (Phi) is 6.86. The molecule has 1 aliphatic rings. The quantitative estimate of drug-likeness (QED) is 0.260. The van der Waals surface area contributed by atoms with Crippen molar-refractivity contribution < 1.29 is 4.92 Å². The zero-order valence-electron chi connectivity index (χ0n) is 12.2. The average Bonchev–Trinajstić information content (AvgIpc) is 3.12. The fourth-order valence-electron chi connectivity index (χ4n) is 1.91. The van der Waals surface area contributed by atoms with E-state index in [2.05, 4.69) is 22.5 Å². The second-order valence-corrected chi connectivity index (χ2v) is 5.08. The molecule has 21 heavy (non-hydrogen) atoms. The Balaban J connectivity index is 0.00000220. The first-order chi connectivity index (χ1) is 9.60. The molecule has 1 aromatic rings. The van der Waals surface area contributed by atoms with Gasteiger partial charge in [0.1, 0.15) is 0 Å². The van der Waals surface area contributed by atoms with Crippen LogP contribution in [0.4, 0.5) is 5.69 Å². The highest BCUT2D eigenvalue weighted by atomic mass is 127. The van der Waals surface area contributed by atoms with Crippen molar-refractivity contribution in [3.05, 3.63) is 39.9 Å². The minimum absolute atomic E-state index is 0. The minimum Gasteiger partial charge on any atom is -0.357 e. The third-order valence-corrected chi connectivity index (χ3v) is 3.34. The van der Waals surface area contributed by atoms with E-state index in [0.717, 1.165) is 18.1 Å². The maximum absolute atomic E-state index is 10.6. The van der Waals surface area contributed by atoms with Gasteiger partial charge < -0.3 is 10.6 Å². The van der Waals surface area contributed by atoms with Crippen LogP contribution in [0, 0.1) is 16.0 Å². The van der Waals surface area contributed by atoms with Gasteiger partial charge in [-0.15, -0.1) is 24.0 Å². The van der Waals surface area contributed by atoms with Gasteiger partial charge in [0.2, 0.25) is 0 Å². The molecule has 0 radical (unpaired) electrons. The summed E-state index contributed by atoms with van der Waals surface area (Å²) in [5.74, 6) is 1.51. The first kappa shape index (κ1) is 17.7. The molecule has 6 nitrogen and oxygen atoms in total. The van der Waals surface area contributed by atoms with Crippen LogP contribution in [0.3, 0.4) is 0 Å². The summed E-state index contributed by atoms with van der Waals surface area (Å²) in [7, 11) is 0. The third-order valence-electron chi connectivity index (χ3n) is 3.34. The lowest BCUT2D eigenvalue weighted by Gasteiger charge is -2.10. The molecule has 2 atom stereocenters. The van der Waals surface area contributed by atoms with E-state index in [1.54, 1.807) is 12.1 Å². The first-order valence-corrected chi connectivity index (χ1v) is 6.88. The van der Waals surface area contributed by atoms with Gasteiger partial charge in [-0.3, -0.25) is 10.1 Å². The van der Waals surface area contributed by atoms with Gasteiger partial charge in [0.15, 0.2) is 5.96 Å². The van der Waals surface area contributed by atoms with Crippen molar-refractivity contribution in [1.82, 2.24) is 10.6 Å². The maximum atomic E-state index is 10.6. The van der Waals surface area contributed by atoms with Gasteiger partial charge in [-0.25, -0.2) is 4.99 Å². The van der Waals surface area contributed by atoms with Crippen molar-refractivity contribution in [3.63, 3.8) is 0 Å². The van der Waals surface area contributed by atoms with Crippen LogP contribution in [0.15, 0.2) is 29.3 Å². The normalized spacial score (nSPS) is 20.4. The Morgan fingerprint density at radius 2 is 2.05 bits per heavy atom. The smallest absolute Gasteiger partial charge is 0.269 e. The van der Waals surface area contributed by atoms with Gasteiger partial charge in [-0.2, -0.15) is 0 Å². The Hall–Kier alpha value is -1.38. The Morgan fingerprint density at radius 1 is 1.43 bits per heavy atom. The lowest BCUT2D eigenvalue weighted by molar-refractivity contribution is -0.384. The van der Waals surface area contributed by atoms with Crippen LogP contribution in [0.1, 0.15) is 25.8 Å². The van der Waals surface area contributed by atoms with Gasteiger partial charge in [0, 0.05) is 24.7 Å². The Bertz CT molecular complexity index is 504. The molecule has 1 aromatic carbocycles. The van der Waals surface area contributed by atoms with Gasteiger partial charge in [0.25, 0.3) is 5.69 Å². The third kappa shape index (κ3) is 5.49. The second-order valence-electron chi connectivity index (χ2n) is 5.08. The van der Waals surface area contributed by atoms with E-state index >= 15 is 0 Å².